The lowest BCUT2D eigenvalue weighted by Gasteiger charge is -2.50. The van der Waals surface area contributed by atoms with E-state index < -0.39 is 10.0 Å². The predicted octanol–water partition coefficient (Wildman–Crippen LogP) is 0.471. The summed E-state index contributed by atoms with van der Waals surface area (Å²) in [6, 6.07) is 0. The van der Waals surface area contributed by atoms with E-state index in [-0.39, 0.29) is 5.54 Å². The molecule has 2 aliphatic rings. The quantitative estimate of drug-likeness (QED) is 0.820. The number of rotatable bonds is 3. The molecule has 0 radical (unpaired) electrons. The second kappa shape index (κ2) is 5.68. The first kappa shape index (κ1) is 15.2. The Labute approximate surface area is 117 Å². The largest absolute Gasteiger partial charge is 0.329 e. The average molecular weight is 289 g/mol. The third kappa shape index (κ3) is 3.29. The standard InChI is InChI=1S/C13H27N3O2S/c1-12-3-5-13(11-14,6-4-12)15-7-9-16(10-8-15)19(2,17)18/h12H,3-11,14H2,1-2H3. The average Bonchev–Trinajstić information content (AvgIpc) is 2.39. The van der Waals surface area contributed by atoms with Gasteiger partial charge < -0.3 is 5.73 Å². The van der Waals surface area contributed by atoms with Crippen LogP contribution in [-0.2, 0) is 10.0 Å². The Hall–Kier alpha value is -0.170. The van der Waals surface area contributed by atoms with Crippen LogP contribution in [0.3, 0.4) is 0 Å². The zero-order chi connectivity index (χ0) is 14.1. The molecule has 112 valence electrons. The molecule has 2 fully saturated rings. The highest BCUT2D eigenvalue weighted by atomic mass is 32.2. The zero-order valence-corrected chi connectivity index (χ0v) is 13.0. The fourth-order valence-corrected chi connectivity index (χ4v) is 4.27. The molecule has 0 unspecified atom stereocenters. The lowest BCUT2D eigenvalue weighted by atomic mass is 9.76. The lowest BCUT2D eigenvalue weighted by Crippen LogP contribution is -2.61. The fraction of sp³-hybridized carbons (Fsp3) is 1.00. The maximum atomic E-state index is 11.5. The van der Waals surface area contributed by atoms with Gasteiger partial charge in [0.25, 0.3) is 0 Å². The Morgan fingerprint density at radius 1 is 1.16 bits per heavy atom. The van der Waals surface area contributed by atoms with Crippen molar-refractivity contribution in [3.8, 4) is 0 Å². The highest BCUT2D eigenvalue weighted by Crippen LogP contribution is 2.36. The monoisotopic (exact) mass is 289 g/mol. The Kier molecular flexibility index (Phi) is 4.55. The van der Waals surface area contributed by atoms with Crippen LogP contribution >= 0.6 is 0 Å². The highest BCUT2D eigenvalue weighted by molar-refractivity contribution is 7.88. The first-order chi connectivity index (χ1) is 8.87. The van der Waals surface area contributed by atoms with Gasteiger partial charge in [-0.2, -0.15) is 4.31 Å². The van der Waals surface area contributed by atoms with Gasteiger partial charge in [0.15, 0.2) is 0 Å². The number of piperazine rings is 1. The van der Waals surface area contributed by atoms with Crippen molar-refractivity contribution >= 4 is 10.0 Å². The molecular weight excluding hydrogens is 262 g/mol. The van der Waals surface area contributed by atoms with Crippen molar-refractivity contribution in [3.63, 3.8) is 0 Å². The van der Waals surface area contributed by atoms with Crippen molar-refractivity contribution in [2.75, 3.05) is 39.0 Å². The summed E-state index contributed by atoms with van der Waals surface area (Å²) in [7, 11) is -3.04. The van der Waals surface area contributed by atoms with Crippen molar-refractivity contribution in [1.82, 2.24) is 9.21 Å². The van der Waals surface area contributed by atoms with Crippen LogP contribution in [0.4, 0.5) is 0 Å². The molecule has 0 amide bonds. The molecule has 6 heteroatoms. The van der Waals surface area contributed by atoms with E-state index in [1.165, 1.54) is 19.1 Å². The Morgan fingerprint density at radius 2 is 1.68 bits per heavy atom. The van der Waals surface area contributed by atoms with E-state index in [1.807, 2.05) is 0 Å². The molecule has 1 saturated carbocycles. The van der Waals surface area contributed by atoms with Crippen molar-refractivity contribution in [2.45, 2.75) is 38.1 Å². The van der Waals surface area contributed by atoms with Crippen LogP contribution in [-0.4, -0.2) is 62.1 Å². The van der Waals surface area contributed by atoms with Gasteiger partial charge in [-0.3, -0.25) is 4.90 Å². The molecule has 1 heterocycles. The summed E-state index contributed by atoms with van der Waals surface area (Å²) in [5.41, 5.74) is 6.18. The summed E-state index contributed by atoms with van der Waals surface area (Å²) >= 11 is 0. The SMILES string of the molecule is CC1CCC(CN)(N2CCN(S(C)(=O)=O)CC2)CC1. The predicted molar refractivity (Wildman–Crippen MR) is 77.4 cm³/mol. The van der Waals surface area contributed by atoms with Gasteiger partial charge in [0, 0.05) is 38.3 Å². The zero-order valence-electron chi connectivity index (χ0n) is 12.1. The minimum atomic E-state index is -3.04. The lowest BCUT2D eigenvalue weighted by molar-refractivity contribution is 0.0211. The molecule has 0 atom stereocenters. The molecule has 1 aliphatic heterocycles. The summed E-state index contributed by atoms with van der Waals surface area (Å²) in [6.07, 6.45) is 6.09. The molecule has 5 nitrogen and oxygen atoms in total. The van der Waals surface area contributed by atoms with Gasteiger partial charge in [0.05, 0.1) is 6.26 Å². The van der Waals surface area contributed by atoms with E-state index in [4.69, 9.17) is 5.73 Å². The minimum Gasteiger partial charge on any atom is -0.329 e. The second-order valence-electron chi connectivity index (χ2n) is 6.26. The van der Waals surface area contributed by atoms with E-state index in [2.05, 4.69) is 11.8 Å². The molecule has 2 rings (SSSR count). The normalized spacial score (nSPS) is 35.4. The topological polar surface area (TPSA) is 66.6 Å². The fourth-order valence-electron chi connectivity index (χ4n) is 3.44. The smallest absolute Gasteiger partial charge is 0.211 e. The van der Waals surface area contributed by atoms with Crippen LogP contribution in [0.5, 0.6) is 0 Å². The van der Waals surface area contributed by atoms with Gasteiger partial charge in [-0.15, -0.1) is 0 Å². The van der Waals surface area contributed by atoms with E-state index in [0.29, 0.717) is 19.6 Å². The highest BCUT2D eigenvalue weighted by Gasteiger charge is 2.40. The Morgan fingerprint density at radius 3 is 2.11 bits per heavy atom. The van der Waals surface area contributed by atoms with Gasteiger partial charge in [-0.25, -0.2) is 8.42 Å². The summed E-state index contributed by atoms with van der Waals surface area (Å²) < 4.78 is 24.7. The first-order valence-corrected chi connectivity index (χ1v) is 9.12. The van der Waals surface area contributed by atoms with Gasteiger partial charge in [0.1, 0.15) is 0 Å². The van der Waals surface area contributed by atoms with E-state index in [1.54, 1.807) is 4.31 Å². The van der Waals surface area contributed by atoms with E-state index in [9.17, 15) is 8.42 Å². The Bertz CT molecular complexity index is 394. The van der Waals surface area contributed by atoms with Crippen LogP contribution < -0.4 is 5.73 Å². The minimum absolute atomic E-state index is 0.121. The molecule has 2 N–H and O–H groups in total. The maximum Gasteiger partial charge on any atom is 0.211 e. The Balaban J connectivity index is 1.99. The van der Waals surface area contributed by atoms with Crippen molar-refractivity contribution < 1.29 is 8.42 Å². The molecule has 1 aliphatic carbocycles. The third-order valence-corrected chi connectivity index (χ3v) is 6.27. The molecule has 0 aromatic carbocycles. The molecule has 0 aromatic heterocycles. The van der Waals surface area contributed by atoms with Crippen LogP contribution in [0.1, 0.15) is 32.6 Å². The summed E-state index contributed by atoms with van der Waals surface area (Å²) in [4.78, 5) is 2.45. The second-order valence-corrected chi connectivity index (χ2v) is 8.24. The number of nitrogens with zero attached hydrogens (tertiary/aromatic N) is 2. The summed E-state index contributed by atoms with van der Waals surface area (Å²) in [5.74, 6) is 0.803. The van der Waals surface area contributed by atoms with Crippen LogP contribution in [0.15, 0.2) is 0 Å². The van der Waals surface area contributed by atoms with Crippen LogP contribution in [0, 0.1) is 5.92 Å². The number of hydrogen-bond donors (Lipinski definition) is 1. The maximum absolute atomic E-state index is 11.5. The van der Waals surface area contributed by atoms with E-state index in [0.717, 1.165) is 31.8 Å². The summed E-state index contributed by atoms with van der Waals surface area (Å²) in [6.45, 7) is 5.85. The molecule has 0 bridgehead atoms. The molecule has 0 spiro atoms. The van der Waals surface area contributed by atoms with Gasteiger partial charge in [-0.1, -0.05) is 6.92 Å². The van der Waals surface area contributed by atoms with Crippen molar-refractivity contribution in [1.29, 1.82) is 0 Å². The van der Waals surface area contributed by atoms with Crippen molar-refractivity contribution in [2.24, 2.45) is 11.7 Å². The molecule has 19 heavy (non-hydrogen) atoms. The number of hydrogen-bond acceptors (Lipinski definition) is 4. The van der Waals surface area contributed by atoms with Gasteiger partial charge >= 0.3 is 0 Å². The van der Waals surface area contributed by atoms with Gasteiger partial charge in [-0.05, 0) is 31.6 Å². The number of nitrogens with two attached hydrogens (primary N) is 1. The third-order valence-electron chi connectivity index (χ3n) is 4.96. The van der Waals surface area contributed by atoms with Gasteiger partial charge in [0.2, 0.25) is 10.0 Å². The van der Waals surface area contributed by atoms with Crippen LogP contribution in [0.25, 0.3) is 0 Å². The van der Waals surface area contributed by atoms with E-state index >= 15 is 0 Å². The summed E-state index contributed by atoms with van der Waals surface area (Å²) in [5, 5.41) is 0. The molecular formula is C13H27N3O2S. The van der Waals surface area contributed by atoms with Crippen molar-refractivity contribution in [3.05, 3.63) is 0 Å². The molecule has 1 saturated heterocycles. The number of sulfonamides is 1. The van der Waals surface area contributed by atoms with Crippen LogP contribution in [0.2, 0.25) is 0 Å². The first-order valence-electron chi connectivity index (χ1n) is 7.28. The molecule has 0 aromatic rings.